The van der Waals surface area contributed by atoms with Gasteiger partial charge in [-0.2, -0.15) is 0 Å². The van der Waals surface area contributed by atoms with Crippen molar-refractivity contribution in [2.75, 3.05) is 6.54 Å². The fourth-order valence-electron chi connectivity index (χ4n) is 2.35. The summed E-state index contributed by atoms with van der Waals surface area (Å²) in [4.78, 5) is 16.5. The maximum Gasteiger partial charge on any atom is 0.226 e. The van der Waals surface area contributed by atoms with Gasteiger partial charge in [-0.05, 0) is 30.5 Å². The fourth-order valence-corrected chi connectivity index (χ4v) is 3.14. The second-order valence-electron chi connectivity index (χ2n) is 5.33. The van der Waals surface area contributed by atoms with E-state index in [-0.39, 0.29) is 5.91 Å². The smallest absolute Gasteiger partial charge is 0.226 e. The van der Waals surface area contributed by atoms with Crippen molar-refractivity contribution in [2.24, 2.45) is 0 Å². The summed E-state index contributed by atoms with van der Waals surface area (Å²) in [6.07, 6.45) is 6.17. The van der Waals surface area contributed by atoms with Crippen molar-refractivity contribution in [1.82, 2.24) is 14.9 Å². The zero-order valence-electron chi connectivity index (χ0n) is 12.8. The summed E-state index contributed by atoms with van der Waals surface area (Å²) in [5.41, 5.74) is 2.12. The van der Waals surface area contributed by atoms with E-state index in [0.717, 1.165) is 23.7 Å². The van der Waals surface area contributed by atoms with Gasteiger partial charge in [0, 0.05) is 24.3 Å². The molecule has 5 heteroatoms. The van der Waals surface area contributed by atoms with Gasteiger partial charge in [0.2, 0.25) is 5.91 Å². The number of nitrogens with zero attached hydrogens (tertiary/aromatic N) is 2. The maximum absolute atomic E-state index is 12.0. The Morgan fingerprint density at radius 2 is 1.91 bits per heavy atom. The Balaban J connectivity index is 1.41. The van der Waals surface area contributed by atoms with Gasteiger partial charge in [-0.25, -0.2) is 4.98 Å². The summed E-state index contributed by atoms with van der Waals surface area (Å²) in [6.45, 7) is 0.697. The van der Waals surface area contributed by atoms with Crippen molar-refractivity contribution in [3.8, 4) is 5.13 Å². The molecule has 0 saturated carbocycles. The van der Waals surface area contributed by atoms with Crippen LogP contribution in [0.2, 0.25) is 0 Å². The van der Waals surface area contributed by atoms with Crippen LogP contribution in [0.3, 0.4) is 0 Å². The van der Waals surface area contributed by atoms with E-state index in [1.54, 1.807) is 11.3 Å². The minimum Gasteiger partial charge on any atom is -0.356 e. The Kier molecular flexibility index (Phi) is 5.21. The standard InChI is InChI=1S/C18H19N3OS/c22-17(19-10-6-9-15-7-2-1-3-8-15)13-16-14-23-18(20-16)21-11-4-5-12-21/h1-5,7-8,11-12,14H,6,9-10,13H2,(H,19,22). The van der Waals surface area contributed by atoms with Crippen molar-refractivity contribution in [3.05, 3.63) is 71.5 Å². The molecule has 0 atom stereocenters. The largest absolute Gasteiger partial charge is 0.356 e. The molecule has 2 heterocycles. The summed E-state index contributed by atoms with van der Waals surface area (Å²) < 4.78 is 1.95. The molecule has 0 aliphatic heterocycles. The Hall–Kier alpha value is -2.40. The second kappa shape index (κ2) is 7.74. The molecule has 3 rings (SSSR count). The van der Waals surface area contributed by atoms with Gasteiger partial charge >= 0.3 is 0 Å². The lowest BCUT2D eigenvalue weighted by Gasteiger charge is -2.04. The van der Waals surface area contributed by atoms with Crippen LogP contribution in [0.25, 0.3) is 5.13 Å². The average molecular weight is 325 g/mol. The lowest BCUT2D eigenvalue weighted by atomic mass is 10.1. The first kappa shape index (κ1) is 15.5. The average Bonchev–Trinajstić information content (AvgIpc) is 3.24. The zero-order valence-corrected chi connectivity index (χ0v) is 13.6. The molecule has 0 unspecified atom stereocenters. The number of aromatic nitrogens is 2. The third-order valence-electron chi connectivity index (χ3n) is 3.51. The molecule has 1 N–H and O–H groups in total. The number of thiazole rings is 1. The highest BCUT2D eigenvalue weighted by atomic mass is 32.1. The second-order valence-corrected chi connectivity index (χ2v) is 6.16. The van der Waals surface area contributed by atoms with Crippen LogP contribution in [-0.2, 0) is 17.6 Å². The maximum atomic E-state index is 12.0. The number of amides is 1. The van der Waals surface area contributed by atoms with Gasteiger partial charge < -0.3 is 9.88 Å². The first-order valence-electron chi connectivity index (χ1n) is 7.69. The van der Waals surface area contributed by atoms with Gasteiger partial charge in [0.1, 0.15) is 0 Å². The van der Waals surface area contributed by atoms with Gasteiger partial charge in [0.15, 0.2) is 5.13 Å². The Labute approximate surface area is 139 Å². The van der Waals surface area contributed by atoms with Crippen molar-refractivity contribution >= 4 is 17.2 Å². The first-order chi connectivity index (χ1) is 11.3. The third kappa shape index (κ3) is 4.53. The number of aryl methyl sites for hydroxylation is 1. The van der Waals surface area contributed by atoms with Gasteiger partial charge in [-0.3, -0.25) is 4.79 Å². The van der Waals surface area contributed by atoms with E-state index in [1.165, 1.54) is 5.56 Å². The van der Waals surface area contributed by atoms with Crippen molar-refractivity contribution in [2.45, 2.75) is 19.3 Å². The summed E-state index contributed by atoms with van der Waals surface area (Å²) >= 11 is 1.55. The van der Waals surface area contributed by atoms with Gasteiger partial charge in [0.05, 0.1) is 12.1 Å². The van der Waals surface area contributed by atoms with Crippen molar-refractivity contribution in [1.29, 1.82) is 0 Å². The summed E-state index contributed by atoms with van der Waals surface area (Å²) in [6, 6.07) is 14.2. The molecule has 1 aromatic carbocycles. The number of carbonyl (C=O) groups is 1. The first-order valence-corrected chi connectivity index (χ1v) is 8.57. The molecular formula is C18H19N3OS. The number of benzene rings is 1. The van der Waals surface area contributed by atoms with E-state index in [4.69, 9.17) is 0 Å². The van der Waals surface area contributed by atoms with Crippen LogP contribution in [0.4, 0.5) is 0 Å². The number of hydrogen-bond acceptors (Lipinski definition) is 3. The molecule has 4 nitrogen and oxygen atoms in total. The van der Waals surface area contributed by atoms with E-state index in [0.29, 0.717) is 13.0 Å². The molecular weight excluding hydrogens is 306 g/mol. The normalized spacial score (nSPS) is 10.6. The molecule has 0 radical (unpaired) electrons. The highest BCUT2D eigenvalue weighted by Crippen LogP contribution is 2.15. The Morgan fingerprint density at radius 1 is 1.13 bits per heavy atom. The molecule has 0 aliphatic carbocycles. The summed E-state index contributed by atoms with van der Waals surface area (Å²) in [5.74, 6) is 0.0300. The SMILES string of the molecule is O=C(Cc1csc(-n2cccc2)n1)NCCCc1ccccc1. The van der Waals surface area contributed by atoms with Crippen LogP contribution in [0.5, 0.6) is 0 Å². The van der Waals surface area contributed by atoms with E-state index in [2.05, 4.69) is 22.4 Å². The topological polar surface area (TPSA) is 46.9 Å². The Bertz CT molecular complexity index is 735. The van der Waals surface area contributed by atoms with Crippen LogP contribution >= 0.6 is 11.3 Å². The molecule has 1 amide bonds. The number of nitrogens with one attached hydrogen (secondary N) is 1. The fraction of sp³-hybridized carbons (Fsp3) is 0.222. The predicted octanol–water partition coefficient (Wildman–Crippen LogP) is 3.23. The highest BCUT2D eigenvalue weighted by molar-refractivity contribution is 7.12. The van der Waals surface area contributed by atoms with Gasteiger partial charge in [-0.1, -0.05) is 30.3 Å². The monoisotopic (exact) mass is 325 g/mol. The van der Waals surface area contributed by atoms with E-state index < -0.39 is 0 Å². The molecule has 3 aromatic rings. The van der Waals surface area contributed by atoms with Gasteiger partial charge in [0.25, 0.3) is 0 Å². The minimum atomic E-state index is 0.0300. The number of hydrogen-bond donors (Lipinski definition) is 1. The lowest BCUT2D eigenvalue weighted by Crippen LogP contribution is -2.26. The van der Waals surface area contributed by atoms with E-state index in [1.807, 2.05) is 52.7 Å². The van der Waals surface area contributed by atoms with E-state index in [9.17, 15) is 4.79 Å². The quantitative estimate of drug-likeness (QED) is 0.678. The zero-order chi connectivity index (χ0) is 15.9. The lowest BCUT2D eigenvalue weighted by molar-refractivity contribution is -0.120. The molecule has 23 heavy (non-hydrogen) atoms. The summed E-state index contributed by atoms with van der Waals surface area (Å²) in [7, 11) is 0. The number of carbonyl (C=O) groups excluding carboxylic acids is 1. The van der Waals surface area contributed by atoms with Crippen LogP contribution in [0.15, 0.2) is 60.2 Å². The molecule has 0 saturated heterocycles. The van der Waals surface area contributed by atoms with Crippen LogP contribution in [-0.4, -0.2) is 22.0 Å². The van der Waals surface area contributed by atoms with Gasteiger partial charge in [-0.15, -0.1) is 11.3 Å². The molecule has 0 spiro atoms. The molecule has 0 fully saturated rings. The molecule has 118 valence electrons. The van der Waals surface area contributed by atoms with Crippen LogP contribution in [0.1, 0.15) is 17.7 Å². The van der Waals surface area contributed by atoms with Crippen LogP contribution < -0.4 is 5.32 Å². The van der Waals surface area contributed by atoms with E-state index >= 15 is 0 Å². The predicted molar refractivity (Wildman–Crippen MR) is 92.9 cm³/mol. The third-order valence-corrected chi connectivity index (χ3v) is 4.42. The number of rotatable bonds is 7. The molecule has 0 bridgehead atoms. The summed E-state index contributed by atoms with van der Waals surface area (Å²) in [5, 5.41) is 5.80. The van der Waals surface area contributed by atoms with Crippen molar-refractivity contribution in [3.63, 3.8) is 0 Å². The van der Waals surface area contributed by atoms with Crippen LogP contribution in [0, 0.1) is 0 Å². The highest BCUT2D eigenvalue weighted by Gasteiger charge is 2.08. The van der Waals surface area contributed by atoms with Crippen molar-refractivity contribution < 1.29 is 4.79 Å². The molecule has 2 aromatic heterocycles. The minimum absolute atomic E-state index is 0.0300. The Morgan fingerprint density at radius 3 is 2.70 bits per heavy atom. The molecule has 0 aliphatic rings.